The number of carbonyl (C=O) groups is 1. The van der Waals surface area contributed by atoms with Crippen LogP contribution in [0.15, 0.2) is 42.5 Å². The van der Waals surface area contributed by atoms with Gasteiger partial charge in [-0.05, 0) is 44.0 Å². The summed E-state index contributed by atoms with van der Waals surface area (Å²) in [5.41, 5.74) is 1.52. The fourth-order valence-electron chi connectivity index (χ4n) is 2.35. The van der Waals surface area contributed by atoms with Crippen molar-refractivity contribution in [3.05, 3.63) is 69.3 Å². The maximum atomic E-state index is 12.1. The third kappa shape index (κ3) is 4.55. The predicted molar refractivity (Wildman–Crippen MR) is 91.5 cm³/mol. The lowest BCUT2D eigenvalue weighted by atomic mass is 10.1. The van der Waals surface area contributed by atoms with Crippen LogP contribution in [0, 0.1) is 24.0 Å². The van der Waals surface area contributed by atoms with E-state index >= 15 is 0 Å². The van der Waals surface area contributed by atoms with Crippen LogP contribution >= 0.6 is 0 Å². The van der Waals surface area contributed by atoms with Gasteiger partial charge in [0.05, 0.1) is 11.5 Å². The summed E-state index contributed by atoms with van der Waals surface area (Å²) in [4.78, 5) is 22.7. The van der Waals surface area contributed by atoms with E-state index in [-0.39, 0.29) is 11.3 Å². The molecule has 126 valence electrons. The Balaban J connectivity index is 1.84. The Bertz CT molecular complexity index is 744. The summed E-state index contributed by atoms with van der Waals surface area (Å²) in [5, 5.41) is 13.8. The maximum Gasteiger partial charge on any atom is 0.285 e. The number of rotatable bonds is 7. The van der Waals surface area contributed by atoms with Crippen molar-refractivity contribution < 1.29 is 14.5 Å². The van der Waals surface area contributed by atoms with Gasteiger partial charge < -0.3 is 10.1 Å². The van der Waals surface area contributed by atoms with Gasteiger partial charge in [0.15, 0.2) is 0 Å². The monoisotopic (exact) mass is 328 g/mol. The zero-order chi connectivity index (χ0) is 17.5. The molecule has 0 saturated heterocycles. The molecule has 0 aliphatic rings. The Morgan fingerprint density at radius 3 is 2.67 bits per heavy atom. The highest BCUT2D eigenvalue weighted by Crippen LogP contribution is 2.22. The zero-order valence-electron chi connectivity index (χ0n) is 13.7. The van der Waals surface area contributed by atoms with Crippen molar-refractivity contribution >= 4 is 11.6 Å². The van der Waals surface area contributed by atoms with Crippen molar-refractivity contribution in [3.63, 3.8) is 0 Å². The van der Waals surface area contributed by atoms with E-state index in [2.05, 4.69) is 5.32 Å². The molecule has 24 heavy (non-hydrogen) atoms. The fourth-order valence-corrected chi connectivity index (χ4v) is 2.35. The molecule has 2 aromatic rings. The van der Waals surface area contributed by atoms with Gasteiger partial charge in [-0.2, -0.15) is 0 Å². The maximum absolute atomic E-state index is 12.1. The van der Waals surface area contributed by atoms with Crippen LogP contribution in [0.2, 0.25) is 0 Å². The molecule has 0 atom stereocenters. The highest BCUT2D eigenvalue weighted by atomic mass is 16.6. The van der Waals surface area contributed by atoms with E-state index in [0.29, 0.717) is 25.1 Å². The van der Waals surface area contributed by atoms with Gasteiger partial charge in [-0.15, -0.1) is 0 Å². The lowest BCUT2D eigenvalue weighted by Gasteiger charge is -2.09. The SMILES string of the molecule is Cc1cccc(OCCCNC(=O)c2cccc(C)c2[N+](=O)[O-])c1. The molecule has 0 spiro atoms. The molecular formula is C18H20N2O4. The number of amides is 1. The highest BCUT2D eigenvalue weighted by Gasteiger charge is 2.21. The first-order chi connectivity index (χ1) is 11.5. The van der Waals surface area contributed by atoms with Crippen molar-refractivity contribution in [2.45, 2.75) is 20.3 Å². The highest BCUT2D eigenvalue weighted by molar-refractivity contribution is 5.98. The standard InChI is InChI=1S/C18H20N2O4/c1-13-6-3-8-15(12-13)24-11-5-10-19-18(21)16-9-4-7-14(2)17(16)20(22)23/h3-4,6-9,12H,5,10-11H2,1-2H3,(H,19,21). The number of carbonyl (C=O) groups excluding carboxylic acids is 1. The van der Waals surface area contributed by atoms with E-state index in [1.165, 1.54) is 6.07 Å². The second-order valence-electron chi connectivity index (χ2n) is 5.50. The predicted octanol–water partition coefficient (Wildman–Crippen LogP) is 3.41. The number of nitrogens with zero attached hydrogens (tertiary/aromatic N) is 1. The number of nitro benzene ring substituents is 1. The molecule has 2 aromatic carbocycles. The van der Waals surface area contributed by atoms with Crippen LogP contribution < -0.4 is 10.1 Å². The first-order valence-electron chi connectivity index (χ1n) is 7.70. The third-order valence-electron chi connectivity index (χ3n) is 3.53. The molecule has 0 aliphatic heterocycles. The van der Waals surface area contributed by atoms with Crippen LogP contribution in [0.25, 0.3) is 0 Å². The number of nitrogens with one attached hydrogen (secondary N) is 1. The molecule has 1 amide bonds. The van der Waals surface area contributed by atoms with Crippen molar-refractivity contribution in [2.75, 3.05) is 13.2 Å². The number of benzene rings is 2. The number of aryl methyl sites for hydroxylation is 2. The summed E-state index contributed by atoms with van der Waals surface area (Å²) in [6.45, 7) is 4.45. The number of hydrogen-bond donors (Lipinski definition) is 1. The van der Waals surface area contributed by atoms with Gasteiger partial charge in [-0.25, -0.2) is 0 Å². The lowest BCUT2D eigenvalue weighted by molar-refractivity contribution is -0.385. The van der Waals surface area contributed by atoms with Gasteiger partial charge in [0.1, 0.15) is 11.3 Å². The largest absolute Gasteiger partial charge is 0.494 e. The molecule has 2 rings (SSSR count). The number of ether oxygens (including phenoxy) is 1. The first-order valence-corrected chi connectivity index (χ1v) is 7.70. The van der Waals surface area contributed by atoms with Crippen LogP contribution in [-0.4, -0.2) is 24.0 Å². The second-order valence-corrected chi connectivity index (χ2v) is 5.50. The van der Waals surface area contributed by atoms with Gasteiger partial charge in [0, 0.05) is 12.1 Å². The molecule has 0 saturated carbocycles. The summed E-state index contributed by atoms with van der Waals surface area (Å²) in [5.74, 6) is 0.344. The van der Waals surface area contributed by atoms with E-state index in [9.17, 15) is 14.9 Å². The molecule has 0 fully saturated rings. The van der Waals surface area contributed by atoms with Crippen molar-refractivity contribution in [1.82, 2.24) is 5.32 Å². The summed E-state index contributed by atoms with van der Waals surface area (Å²) in [6.07, 6.45) is 0.610. The smallest absolute Gasteiger partial charge is 0.285 e. The molecule has 0 heterocycles. The van der Waals surface area contributed by atoms with Crippen LogP contribution in [0.3, 0.4) is 0 Å². The molecule has 0 bridgehead atoms. The van der Waals surface area contributed by atoms with E-state index in [1.54, 1.807) is 19.1 Å². The van der Waals surface area contributed by atoms with Crippen LogP contribution in [0.4, 0.5) is 5.69 Å². The van der Waals surface area contributed by atoms with Crippen molar-refractivity contribution in [3.8, 4) is 5.75 Å². The molecule has 0 aromatic heterocycles. The van der Waals surface area contributed by atoms with Gasteiger partial charge in [-0.1, -0.05) is 24.3 Å². The van der Waals surface area contributed by atoms with E-state index < -0.39 is 10.8 Å². The number of hydrogen-bond acceptors (Lipinski definition) is 4. The normalized spacial score (nSPS) is 10.2. The zero-order valence-corrected chi connectivity index (χ0v) is 13.7. The topological polar surface area (TPSA) is 81.5 Å². The Hall–Kier alpha value is -2.89. The molecule has 6 heteroatoms. The van der Waals surface area contributed by atoms with E-state index in [0.717, 1.165) is 11.3 Å². The minimum atomic E-state index is -0.523. The molecule has 6 nitrogen and oxygen atoms in total. The third-order valence-corrected chi connectivity index (χ3v) is 3.53. The summed E-state index contributed by atoms with van der Waals surface area (Å²) in [7, 11) is 0. The van der Waals surface area contributed by atoms with Gasteiger partial charge in [0.2, 0.25) is 0 Å². The Labute approximate surface area is 140 Å². The minimum Gasteiger partial charge on any atom is -0.494 e. The number of nitro groups is 1. The molecule has 0 aliphatic carbocycles. The van der Waals surface area contributed by atoms with E-state index in [4.69, 9.17) is 4.74 Å². The minimum absolute atomic E-state index is 0.0830. The average Bonchev–Trinajstić information content (AvgIpc) is 2.53. The van der Waals surface area contributed by atoms with Gasteiger partial charge >= 0.3 is 0 Å². The molecule has 1 N–H and O–H groups in total. The lowest BCUT2D eigenvalue weighted by Crippen LogP contribution is -2.26. The van der Waals surface area contributed by atoms with Crippen molar-refractivity contribution in [1.29, 1.82) is 0 Å². The number of para-hydroxylation sites is 1. The molecular weight excluding hydrogens is 308 g/mol. The van der Waals surface area contributed by atoms with E-state index in [1.807, 2.05) is 31.2 Å². The first kappa shape index (κ1) is 17.5. The van der Waals surface area contributed by atoms with Crippen LogP contribution in [0.1, 0.15) is 27.9 Å². The summed E-state index contributed by atoms with van der Waals surface area (Å²) < 4.78 is 5.60. The van der Waals surface area contributed by atoms with Gasteiger partial charge in [0.25, 0.3) is 11.6 Å². The second kappa shape index (κ2) is 8.10. The Morgan fingerprint density at radius 2 is 1.96 bits per heavy atom. The van der Waals surface area contributed by atoms with Gasteiger partial charge in [-0.3, -0.25) is 14.9 Å². The van der Waals surface area contributed by atoms with Crippen LogP contribution in [0.5, 0.6) is 5.75 Å². The average molecular weight is 328 g/mol. The summed E-state index contributed by atoms with van der Waals surface area (Å²) >= 11 is 0. The molecule has 0 radical (unpaired) electrons. The Kier molecular flexibility index (Phi) is 5.89. The van der Waals surface area contributed by atoms with Crippen molar-refractivity contribution in [2.24, 2.45) is 0 Å². The van der Waals surface area contributed by atoms with Crippen LogP contribution in [-0.2, 0) is 0 Å². The quantitative estimate of drug-likeness (QED) is 0.480. The fraction of sp³-hybridized carbons (Fsp3) is 0.278. The summed E-state index contributed by atoms with van der Waals surface area (Å²) in [6, 6.07) is 12.4. The molecule has 0 unspecified atom stereocenters. The Morgan fingerprint density at radius 1 is 1.21 bits per heavy atom.